The molecule has 0 amide bonds. The topological polar surface area (TPSA) is 9.23 Å². The first-order valence-corrected chi connectivity index (χ1v) is 6.84. The van der Waals surface area contributed by atoms with Crippen LogP contribution in [0.3, 0.4) is 0 Å². The second kappa shape index (κ2) is 8.39. The molecule has 0 radical (unpaired) electrons. The lowest BCUT2D eigenvalue weighted by Crippen LogP contribution is -1.84. The third kappa shape index (κ3) is 4.81. The lowest BCUT2D eigenvalue weighted by atomic mass is 10.1. The minimum absolute atomic E-state index is 0.847. The van der Waals surface area contributed by atoms with E-state index in [2.05, 4.69) is 34.0 Å². The number of methoxy groups -OCH3 is 1. The molecule has 0 bridgehead atoms. The van der Waals surface area contributed by atoms with Crippen molar-refractivity contribution in [3.05, 3.63) is 53.0 Å². The highest BCUT2D eigenvalue weighted by Gasteiger charge is 2.02. The van der Waals surface area contributed by atoms with Gasteiger partial charge in [-0.1, -0.05) is 53.2 Å². The van der Waals surface area contributed by atoms with Gasteiger partial charge in [0.05, 0.1) is 7.11 Å². The van der Waals surface area contributed by atoms with Crippen LogP contribution in [0.4, 0.5) is 0 Å². The normalized spacial score (nSPS) is 8.95. The molecule has 0 aliphatic heterocycles. The average molecular weight is 317 g/mol. The molecule has 0 fully saturated rings. The highest BCUT2D eigenvalue weighted by atomic mass is 79.9. The monoisotopic (exact) mass is 316 g/mol. The molecule has 2 aromatic rings. The standard InChI is InChI=1S/C13H11BrO.C4H6/c1-15-11-6-4-5-10(9-11)12-7-2-3-8-13(12)14;1-3-4-2/h2-9H,1H3;1H,4H2,2H3. The molecule has 2 rings (SSSR count). The van der Waals surface area contributed by atoms with Gasteiger partial charge in [0.2, 0.25) is 0 Å². The Morgan fingerprint density at radius 3 is 2.42 bits per heavy atom. The van der Waals surface area contributed by atoms with Crippen molar-refractivity contribution in [2.45, 2.75) is 13.3 Å². The molecule has 0 aliphatic carbocycles. The summed E-state index contributed by atoms with van der Waals surface area (Å²) in [4.78, 5) is 0. The van der Waals surface area contributed by atoms with E-state index in [0.717, 1.165) is 22.2 Å². The van der Waals surface area contributed by atoms with Gasteiger partial charge in [-0.05, 0) is 29.3 Å². The zero-order chi connectivity index (χ0) is 14.1. The molecule has 0 heterocycles. The molecule has 0 aliphatic rings. The molecule has 0 unspecified atom stereocenters. The molecule has 0 saturated heterocycles. The van der Waals surface area contributed by atoms with Gasteiger partial charge in [-0.25, -0.2) is 0 Å². The second-order valence-electron chi connectivity index (χ2n) is 3.77. The van der Waals surface area contributed by atoms with Crippen LogP contribution in [0.2, 0.25) is 0 Å². The number of hydrogen-bond acceptors (Lipinski definition) is 1. The molecule has 0 N–H and O–H groups in total. The van der Waals surface area contributed by atoms with Gasteiger partial charge < -0.3 is 4.74 Å². The summed E-state index contributed by atoms with van der Waals surface area (Å²) >= 11 is 3.54. The Balaban J connectivity index is 0.000000399. The first-order chi connectivity index (χ1) is 9.22. The summed E-state index contributed by atoms with van der Waals surface area (Å²) in [6.07, 6.45) is 5.62. The molecular weight excluding hydrogens is 300 g/mol. The van der Waals surface area contributed by atoms with Crippen molar-refractivity contribution in [3.8, 4) is 29.2 Å². The second-order valence-corrected chi connectivity index (χ2v) is 4.62. The van der Waals surface area contributed by atoms with E-state index in [0.29, 0.717) is 0 Å². The summed E-state index contributed by atoms with van der Waals surface area (Å²) in [5.41, 5.74) is 2.33. The van der Waals surface area contributed by atoms with Crippen molar-refractivity contribution in [3.63, 3.8) is 0 Å². The minimum Gasteiger partial charge on any atom is -0.497 e. The Kier molecular flexibility index (Phi) is 6.78. The number of rotatable bonds is 2. The maximum Gasteiger partial charge on any atom is 0.119 e. The summed E-state index contributed by atoms with van der Waals surface area (Å²) in [5.74, 6) is 3.31. The zero-order valence-corrected chi connectivity index (χ0v) is 12.8. The first-order valence-electron chi connectivity index (χ1n) is 6.05. The van der Waals surface area contributed by atoms with Crippen LogP contribution in [0.1, 0.15) is 13.3 Å². The van der Waals surface area contributed by atoms with Crippen LogP contribution in [0.25, 0.3) is 11.1 Å². The third-order valence-corrected chi connectivity index (χ3v) is 3.15. The van der Waals surface area contributed by atoms with E-state index >= 15 is 0 Å². The molecule has 0 saturated carbocycles. The van der Waals surface area contributed by atoms with Crippen molar-refractivity contribution >= 4 is 15.9 Å². The van der Waals surface area contributed by atoms with Crippen molar-refractivity contribution in [2.24, 2.45) is 0 Å². The molecule has 98 valence electrons. The van der Waals surface area contributed by atoms with Crippen LogP contribution in [0.15, 0.2) is 53.0 Å². The van der Waals surface area contributed by atoms with Crippen molar-refractivity contribution in [1.29, 1.82) is 0 Å². The molecular formula is C17H17BrO. The summed E-state index contributed by atoms with van der Waals surface area (Å²) in [5, 5.41) is 0. The fourth-order valence-electron chi connectivity index (χ4n) is 1.49. The number of hydrogen-bond donors (Lipinski definition) is 0. The minimum atomic E-state index is 0.847. The zero-order valence-electron chi connectivity index (χ0n) is 11.2. The van der Waals surface area contributed by atoms with Gasteiger partial charge in [0.25, 0.3) is 0 Å². The van der Waals surface area contributed by atoms with E-state index in [1.807, 2.05) is 43.3 Å². The van der Waals surface area contributed by atoms with Crippen molar-refractivity contribution in [1.82, 2.24) is 0 Å². The predicted molar refractivity (Wildman–Crippen MR) is 85.3 cm³/mol. The Labute approximate surface area is 123 Å². The van der Waals surface area contributed by atoms with E-state index in [9.17, 15) is 0 Å². The molecule has 2 aromatic carbocycles. The lowest BCUT2D eigenvalue weighted by molar-refractivity contribution is 0.415. The van der Waals surface area contributed by atoms with Crippen LogP contribution < -0.4 is 4.74 Å². The fraction of sp³-hybridized carbons (Fsp3) is 0.176. The summed E-state index contributed by atoms with van der Waals surface area (Å²) in [6, 6.07) is 16.2. The molecule has 0 atom stereocenters. The number of terminal acetylenes is 1. The molecule has 1 nitrogen and oxygen atoms in total. The van der Waals surface area contributed by atoms with Gasteiger partial charge in [0.1, 0.15) is 5.75 Å². The van der Waals surface area contributed by atoms with Crippen LogP contribution in [-0.4, -0.2) is 7.11 Å². The highest BCUT2D eigenvalue weighted by molar-refractivity contribution is 9.10. The quantitative estimate of drug-likeness (QED) is 0.696. The Hall–Kier alpha value is -1.72. The average Bonchev–Trinajstić information content (AvgIpc) is 2.48. The van der Waals surface area contributed by atoms with Gasteiger partial charge in [0, 0.05) is 10.9 Å². The Morgan fingerprint density at radius 1 is 1.16 bits per heavy atom. The molecule has 2 heteroatoms. The summed E-state index contributed by atoms with van der Waals surface area (Å²) < 4.78 is 6.30. The number of halogens is 1. The van der Waals surface area contributed by atoms with Gasteiger partial charge in [-0.3, -0.25) is 0 Å². The van der Waals surface area contributed by atoms with E-state index < -0.39 is 0 Å². The van der Waals surface area contributed by atoms with Crippen LogP contribution in [0.5, 0.6) is 5.75 Å². The lowest BCUT2D eigenvalue weighted by Gasteiger charge is -2.06. The number of ether oxygens (including phenoxy) is 1. The maximum atomic E-state index is 5.20. The van der Waals surface area contributed by atoms with Crippen molar-refractivity contribution in [2.75, 3.05) is 7.11 Å². The van der Waals surface area contributed by atoms with Gasteiger partial charge in [-0.15, -0.1) is 12.3 Å². The van der Waals surface area contributed by atoms with E-state index in [1.54, 1.807) is 7.11 Å². The largest absolute Gasteiger partial charge is 0.497 e. The van der Waals surface area contributed by atoms with Crippen molar-refractivity contribution < 1.29 is 4.74 Å². The van der Waals surface area contributed by atoms with Crippen LogP contribution >= 0.6 is 15.9 Å². The van der Waals surface area contributed by atoms with Gasteiger partial charge in [-0.2, -0.15) is 0 Å². The predicted octanol–water partition coefficient (Wildman–Crippen LogP) is 5.15. The van der Waals surface area contributed by atoms with E-state index in [4.69, 9.17) is 11.2 Å². The number of benzene rings is 2. The van der Waals surface area contributed by atoms with E-state index in [1.165, 1.54) is 5.56 Å². The fourth-order valence-corrected chi connectivity index (χ4v) is 2.00. The molecule has 0 spiro atoms. The third-order valence-electron chi connectivity index (χ3n) is 2.46. The highest BCUT2D eigenvalue weighted by Crippen LogP contribution is 2.29. The smallest absolute Gasteiger partial charge is 0.119 e. The maximum absolute atomic E-state index is 5.20. The van der Waals surface area contributed by atoms with Gasteiger partial charge in [0.15, 0.2) is 0 Å². The summed E-state index contributed by atoms with van der Waals surface area (Å²) in [6.45, 7) is 1.94. The Morgan fingerprint density at radius 2 is 1.84 bits per heavy atom. The SMILES string of the molecule is C#CCC.COc1cccc(-c2ccccc2Br)c1. The summed E-state index contributed by atoms with van der Waals surface area (Å²) in [7, 11) is 1.68. The van der Waals surface area contributed by atoms with Crippen LogP contribution in [-0.2, 0) is 0 Å². The molecule has 0 aromatic heterocycles. The molecule has 19 heavy (non-hydrogen) atoms. The van der Waals surface area contributed by atoms with Crippen LogP contribution in [0, 0.1) is 12.3 Å². The Bertz CT molecular complexity index is 555. The van der Waals surface area contributed by atoms with E-state index in [-0.39, 0.29) is 0 Å². The first kappa shape index (κ1) is 15.3. The van der Waals surface area contributed by atoms with Gasteiger partial charge >= 0.3 is 0 Å².